The van der Waals surface area contributed by atoms with E-state index in [1.807, 2.05) is 0 Å². The lowest BCUT2D eigenvalue weighted by molar-refractivity contribution is -0.0900. The molecule has 0 spiro atoms. The maximum Gasteiger partial charge on any atom is 0.00250 e. The summed E-state index contributed by atoms with van der Waals surface area (Å²) < 4.78 is 0. The van der Waals surface area contributed by atoms with Gasteiger partial charge in [-0.2, -0.15) is 12.6 Å². The third kappa shape index (κ3) is 2.46. The van der Waals surface area contributed by atoms with Crippen molar-refractivity contribution in [3.05, 3.63) is 0 Å². The lowest BCUT2D eigenvalue weighted by Gasteiger charge is -2.58. The average Bonchev–Trinajstić information content (AvgIpc) is 3.02. The fraction of sp³-hybridized carbons (Fsp3) is 1.00. The zero-order valence-electron chi connectivity index (χ0n) is 16.6. The first-order valence-electron chi connectivity index (χ1n) is 11.1. The Morgan fingerprint density at radius 2 is 1.75 bits per heavy atom. The highest BCUT2D eigenvalue weighted by molar-refractivity contribution is 7.81. The van der Waals surface area contributed by atoms with E-state index in [1.165, 1.54) is 51.4 Å². The number of fused-ring (bicyclic) bond motifs is 5. The molecule has 4 fully saturated rings. The summed E-state index contributed by atoms with van der Waals surface area (Å²) in [5.41, 5.74) is 1.29. The zero-order valence-corrected chi connectivity index (χ0v) is 17.5. The van der Waals surface area contributed by atoms with Crippen LogP contribution in [0.4, 0.5) is 0 Å². The van der Waals surface area contributed by atoms with Crippen LogP contribution < -0.4 is 0 Å². The van der Waals surface area contributed by atoms with E-state index >= 15 is 0 Å². The molecule has 4 aliphatic carbocycles. The van der Waals surface area contributed by atoms with E-state index in [1.54, 1.807) is 12.8 Å². The van der Waals surface area contributed by atoms with Gasteiger partial charge >= 0.3 is 0 Å². The molecule has 0 bridgehead atoms. The van der Waals surface area contributed by atoms with Crippen molar-refractivity contribution in [1.29, 1.82) is 0 Å². The quantitative estimate of drug-likeness (QED) is 0.522. The summed E-state index contributed by atoms with van der Waals surface area (Å²) in [5, 5.41) is 0.688. The molecule has 0 aromatic rings. The summed E-state index contributed by atoms with van der Waals surface area (Å²) >= 11 is 4.91. The highest BCUT2D eigenvalue weighted by atomic mass is 32.1. The van der Waals surface area contributed by atoms with E-state index in [0.29, 0.717) is 16.1 Å². The Morgan fingerprint density at radius 1 is 1.00 bits per heavy atom. The Balaban J connectivity index is 1.57. The van der Waals surface area contributed by atoms with Crippen LogP contribution in [0.25, 0.3) is 0 Å². The molecular formula is C23H40S. The van der Waals surface area contributed by atoms with Crippen LogP contribution in [0.15, 0.2) is 0 Å². The van der Waals surface area contributed by atoms with Gasteiger partial charge in [-0.15, -0.1) is 0 Å². The Hall–Kier alpha value is 0.350. The fourth-order valence-corrected chi connectivity index (χ4v) is 9.44. The van der Waals surface area contributed by atoms with Crippen LogP contribution in [0.1, 0.15) is 91.9 Å². The molecule has 9 atom stereocenters. The molecule has 0 aromatic carbocycles. The summed E-state index contributed by atoms with van der Waals surface area (Å²) in [6.45, 7) is 10.3. The number of hydrogen-bond acceptors (Lipinski definition) is 1. The molecule has 4 aliphatic rings. The van der Waals surface area contributed by atoms with E-state index in [2.05, 4.69) is 27.7 Å². The van der Waals surface area contributed by atoms with E-state index in [0.717, 1.165) is 35.5 Å². The monoisotopic (exact) mass is 348 g/mol. The minimum atomic E-state index is 0.629. The van der Waals surface area contributed by atoms with Crippen LogP contribution in [0, 0.1) is 46.3 Å². The summed E-state index contributed by atoms with van der Waals surface area (Å²) in [6.07, 6.45) is 14.8. The van der Waals surface area contributed by atoms with Gasteiger partial charge < -0.3 is 0 Å². The molecule has 0 heterocycles. The second-order valence-electron chi connectivity index (χ2n) is 10.7. The Labute approximate surface area is 156 Å². The first kappa shape index (κ1) is 17.7. The molecule has 0 saturated heterocycles. The van der Waals surface area contributed by atoms with Crippen molar-refractivity contribution in [2.75, 3.05) is 0 Å². The van der Waals surface area contributed by atoms with Crippen molar-refractivity contribution in [2.45, 2.75) is 97.2 Å². The van der Waals surface area contributed by atoms with Gasteiger partial charge in [0.25, 0.3) is 0 Å². The standard InChI is InChI=1S/C23H40S/c1-5-6-15(2)19-9-10-20-18-8-7-16-13-17(24)14-23(16,4)21(18)11-12-22(19,20)3/h15-21,24H,5-14H2,1-4H3/t15?,16?,17?,18?,19?,20?,21?,22-,23+/m1/s1. The minimum Gasteiger partial charge on any atom is -0.176 e. The summed E-state index contributed by atoms with van der Waals surface area (Å²) in [7, 11) is 0. The van der Waals surface area contributed by atoms with Gasteiger partial charge in [-0.3, -0.25) is 0 Å². The van der Waals surface area contributed by atoms with Gasteiger partial charge in [-0.25, -0.2) is 0 Å². The van der Waals surface area contributed by atoms with Crippen molar-refractivity contribution >= 4 is 12.6 Å². The Morgan fingerprint density at radius 3 is 2.50 bits per heavy atom. The molecule has 0 amide bonds. The van der Waals surface area contributed by atoms with E-state index in [4.69, 9.17) is 12.6 Å². The van der Waals surface area contributed by atoms with Crippen molar-refractivity contribution in [3.8, 4) is 0 Å². The van der Waals surface area contributed by atoms with Gasteiger partial charge in [0.15, 0.2) is 0 Å². The van der Waals surface area contributed by atoms with Gasteiger partial charge in [0.05, 0.1) is 0 Å². The molecule has 0 radical (unpaired) electrons. The van der Waals surface area contributed by atoms with Crippen LogP contribution in [-0.2, 0) is 0 Å². The molecule has 24 heavy (non-hydrogen) atoms. The first-order chi connectivity index (χ1) is 11.4. The predicted molar refractivity (Wildman–Crippen MR) is 107 cm³/mol. The number of hydrogen-bond donors (Lipinski definition) is 1. The van der Waals surface area contributed by atoms with Crippen LogP contribution in [0.5, 0.6) is 0 Å². The average molecular weight is 349 g/mol. The summed E-state index contributed by atoms with van der Waals surface area (Å²) in [5.74, 6) is 6.05. The summed E-state index contributed by atoms with van der Waals surface area (Å²) in [6, 6.07) is 0. The molecular weight excluding hydrogens is 308 g/mol. The maximum absolute atomic E-state index is 4.91. The molecule has 0 aliphatic heterocycles. The summed E-state index contributed by atoms with van der Waals surface area (Å²) in [4.78, 5) is 0. The molecule has 0 nitrogen and oxygen atoms in total. The topological polar surface area (TPSA) is 0 Å². The van der Waals surface area contributed by atoms with Crippen molar-refractivity contribution < 1.29 is 0 Å². The van der Waals surface area contributed by atoms with Crippen LogP contribution in [-0.4, -0.2) is 5.25 Å². The van der Waals surface area contributed by atoms with Gasteiger partial charge in [0.1, 0.15) is 0 Å². The van der Waals surface area contributed by atoms with Gasteiger partial charge in [-0.1, -0.05) is 40.5 Å². The van der Waals surface area contributed by atoms with Crippen molar-refractivity contribution in [3.63, 3.8) is 0 Å². The Kier molecular flexibility index (Phi) is 4.59. The molecule has 7 unspecified atom stereocenters. The minimum absolute atomic E-state index is 0.629. The van der Waals surface area contributed by atoms with Crippen LogP contribution in [0.2, 0.25) is 0 Å². The lowest BCUT2D eigenvalue weighted by Crippen LogP contribution is -2.50. The normalized spacial score (nSPS) is 54.9. The highest BCUT2D eigenvalue weighted by Crippen LogP contribution is 2.69. The molecule has 4 rings (SSSR count). The third-order valence-electron chi connectivity index (χ3n) is 9.80. The van der Waals surface area contributed by atoms with E-state index < -0.39 is 0 Å². The molecule has 1 heteroatoms. The zero-order chi connectivity index (χ0) is 17.1. The highest BCUT2D eigenvalue weighted by Gasteiger charge is 2.61. The third-order valence-corrected chi connectivity index (χ3v) is 10.2. The molecule has 138 valence electrons. The SMILES string of the molecule is CCCC(C)C1CCC2C3CCC4CC(S)C[C@]4(C)C3CC[C@]12C. The largest absolute Gasteiger partial charge is 0.176 e. The first-order valence-corrected chi connectivity index (χ1v) is 11.6. The number of rotatable bonds is 3. The molecule has 0 aromatic heterocycles. The van der Waals surface area contributed by atoms with E-state index in [-0.39, 0.29) is 0 Å². The molecule has 4 saturated carbocycles. The Bertz CT molecular complexity index is 473. The van der Waals surface area contributed by atoms with Gasteiger partial charge in [0.2, 0.25) is 0 Å². The van der Waals surface area contributed by atoms with Crippen LogP contribution in [0.3, 0.4) is 0 Å². The second-order valence-corrected chi connectivity index (χ2v) is 11.5. The second kappa shape index (κ2) is 6.21. The van der Waals surface area contributed by atoms with Gasteiger partial charge in [0, 0.05) is 5.25 Å². The predicted octanol–water partition coefficient (Wildman–Crippen LogP) is 6.99. The number of thiol groups is 1. The molecule has 0 N–H and O–H groups in total. The van der Waals surface area contributed by atoms with Gasteiger partial charge in [-0.05, 0) is 97.7 Å². The fourth-order valence-electron chi connectivity index (χ4n) is 8.79. The van der Waals surface area contributed by atoms with Crippen molar-refractivity contribution in [2.24, 2.45) is 46.3 Å². The smallest absolute Gasteiger partial charge is 0.00250 e. The van der Waals surface area contributed by atoms with E-state index in [9.17, 15) is 0 Å². The van der Waals surface area contributed by atoms with Crippen LogP contribution >= 0.6 is 12.6 Å². The lowest BCUT2D eigenvalue weighted by atomic mass is 9.47. The van der Waals surface area contributed by atoms with Crippen molar-refractivity contribution in [1.82, 2.24) is 0 Å². The maximum atomic E-state index is 4.91.